The molecule has 33 heavy (non-hydrogen) atoms. The van der Waals surface area contributed by atoms with E-state index in [0.29, 0.717) is 10.8 Å². The fourth-order valence-corrected chi connectivity index (χ4v) is 4.18. The summed E-state index contributed by atoms with van der Waals surface area (Å²) in [5.41, 5.74) is 4.08. The number of nitrogens with zero attached hydrogens (tertiary/aromatic N) is 2. The van der Waals surface area contributed by atoms with E-state index in [1.165, 1.54) is 11.8 Å². The normalized spacial score (nSPS) is 10.7. The van der Waals surface area contributed by atoms with E-state index in [4.69, 9.17) is 4.74 Å². The zero-order valence-corrected chi connectivity index (χ0v) is 19.2. The molecule has 4 aromatic rings. The maximum Gasteiger partial charge on any atom is 0.244 e. The number of ether oxygens (including phenoxy) is 1. The maximum absolute atomic E-state index is 12.8. The molecule has 7 nitrogen and oxygen atoms in total. The molecule has 0 aliphatic heterocycles. The largest absolute Gasteiger partial charge is 0.497 e. The fraction of sp³-hybridized carbons (Fsp3) is 0.160. The molecular weight excluding hydrogens is 436 g/mol. The van der Waals surface area contributed by atoms with E-state index in [0.717, 1.165) is 28.0 Å². The van der Waals surface area contributed by atoms with Crippen molar-refractivity contribution in [2.75, 3.05) is 23.5 Å². The zero-order chi connectivity index (χ0) is 23.2. The highest BCUT2D eigenvalue weighted by atomic mass is 32.2. The number of hydrogen-bond acceptors (Lipinski definition) is 5. The number of rotatable bonds is 8. The summed E-state index contributed by atoms with van der Waals surface area (Å²) in [6, 6.07) is 22.4. The molecule has 4 rings (SSSR count). The molecule has 0 fully saturated rings. The van der Waals surface area contributed by atoms with E-state index in [-0.39, 0.29) is 24.1 Å². The molecule has 0 saturated heterocycles. The Kier molecular flexibility index (Phi) is 6.95. The summed E-state index contributed by atoms with van der Waals surface area (Å²) in [5, 5.41) is 6.44. The average molecular weight is 461 g/mol. The molecule has 0 saturated carbocycles. The summed E-state index contributed by atoms with van der Waals surface area (Å²) in [7, 11) is 1.59. The Bertz CT molecular complexity index is 1280. The molecule has 0 spiro atoms. The molecule has 1 heterocycles. The highest BCUT2D eigenvalue weighted by molar-refractivity contribution is 7.99. The lowest BCUT2D eigenvalue weighted by Crippen LogP contribution is -2.20. The fourth-order valence-electron chi connectivity index (χ4n) is 3.36. The van der Waals surface area contributed by atoms with Gasteiger partial charge in [0.05, 0.1) is 23.9 Å². The first-order chi connectivity index (χ1) is 16.0. The lowest BCUT2D eigenvalue weighted by Gasteiger charge is -2.11. The standard InChI is InChI=1S/C25H24N4O3S/c1-17-7-3-4-8-20(17)27-23(30)15-29-22-10-6-5-9-21(22)28-25(29)33-16-24(31)26-18-11-13-19(32-2)14-12-18/h3-14H,15-16H2,1-2H3,(H,26,31)(H,27,30). The van der Waals surface area contributed by atoms with Crippen LogP contribution in [0.2, 0.25) is 0 Å². The van der Waals surface area contributed by atoms with Crippen LogP contribution in [0.1, 0.15) is 5.56 Å². The van der Waals surface area contributed by atoms with E-state index >= 15 is 0 Å². The maximum atomic E-state index is 12.8. The van der Waals surface area contributed by atoms with Crippen LogP contribution in [0.3, 0.4) is 0 Å². The molecule has 3 aromatic carbocycles. The Morgan fingerprint density at radius 1 is 0.939 bits per heavy atom. The number of aromatic nitrogens is 2. The van der Waals surface area contributed by atoms with Crippen LogP contribution >= 0.6 is 11.8 Å². The van der Waals surface area contributed by atoms with Crippen molar-refractivity contribution in [3.05, 3.63) is 78.4 Å². The highest BCUT2D eigenvalue weighted by Crippen LogP contribution is 2.25. The number of thioether (sulfide) groups is 1. The second kappa shape index (κ2) is 10.2. The third kappa shape index (κ3) is 5.53. The first-order valence-corrected chi connectivity index (χ1v) is 11.4. The number of fused-ring (bicyclic) bond motifs is 1. The van der Waals surface area contributed by atoms with E-state index in [1.807, 2.05) is 60.0 Å². The van der Waals surface area contributed by atoms with Gasteiger partial charge in [0.1, 0.15) is 12.3 Å². The van der Waals surface area contributed by atoms with Gasteiger partial charge in [-0.15, -0.1) is 0 Å². The molecule has 8 heteroatoms. The minimum atomic E-state index is -0.159. The predicted octanol–water partition coefficient (Wildman–Crippen LogP) is 4.72. The molecule has 1 aromatic heterocycles. The van der Waals surface area contributed by atoms with Crippen molar-refractivity contribution in [2.24, 2.45) is 0 Å². The second-order valence-electron chi connectivity index (χ2n) is 7.40. The summed E-state index contributed by atoms with van der Waals surface area (Å²) >= 11 is 1.29. The molecule has 2 N–H and O–H groups in total. The summed E-state index contributed by atoms with van der Waals surface area (Å²) in [6.07, 6.45) is 0. The minimum absolute atomic E-state index is 0.0945. The molecule has 0 aliphatic carbocycles. The highest BCUT2D eigenvalue weighted by Gasteiger charge is 2.16. The number of benzene rings is 3. The third-order valence-corrected chi connectivity index (χ3v) is 6.02. The van der Waals surface area contributed by atoms with Crippen LogP contribution in [0.5, 0.6) is 5.75 Å². The van der Waals surface area contributed by atoms with Crippen molar-refractivity contribution in [2.45, 2.75) is 18.6 Å². The number of methoxy groups -OCH3 is 1. The van der Waals surface area contributed by atoms with Gasteiger partial charge in [0.15, 0.2) is 5.16 Å². The van der Waals surface area contributed by atoms with Crippen LogP contribution in [0.15, 0.2) is 78.0 Å². The number of anilines is 2. The quantitative estimate of drug-likeness (QED) is 0.372. The molecule has 2 amide bonds. The van der Waals surface area contributed by atoms with Crippen molar-refractivity contribution < 1.29 is 14.3 Å². The van der Waals surface area contributed by atoms with Gasteiger partial charge in [-0.1, -0.05) is 42.1 Å². The van der Waals surface area contributed by atoms with Crippen LogP contribution < -0.4 is 15.4 Å². The number of amides is 2. The molecule has 0 aliphatic rings. The Labute approximate surface area is 196 Å². The van der Waals surface area contributed by atoms with Gasteiger partial charge >= 0.3 is 0 Å². The number of carbonyl (C=O) groups is 2. The average Bonchev–Trinajstić information content (AvgIpc) is 3.17. The van der Waals surface area contributed by atoms with Crippen LogP contribution in [0, 0.1) is 6.92 Å². The van der Waals surface area contributed by atoms with E-state index in [1.54, 1.807) is 31.4 Å². The van der Waals surface area contributed by atoms with Gasteiger partial charge in [-0.3, -0.25) is 9.59 Å². The predicted molar refractivity (Wildman–Crippen MR) is 132 cm³/mol. The number of nitrogens with one attached hydrogen (secondary N) is 2. The van der Waals surface area contributed by atoms with Crippen LogP contribution in [0.4, 0.5) is 11.4 Å². The van der Waals surface area contributed by atoms with Crippen LogP contribution in [-0.4, -0.2) is 34.2 Å². The first kappa shape index (κ1) is 22.4. The Balaban J connectivity index is 1.47. The molecule has 168 valence electrons. The van der Waals surface area contributed by atoms with Gasteiger partial charge in [0, 0.05) is 11.4 Å². The van der Waals surface area contributed by atoms with Crippen LogP contribution in [0.25, 0.3) is 11.0 Å². The lowest BCUT2D eigenvalue weighted by atomic mass is 10.2. The van der Waals surface area contributed by atoms with E-state index < -0.39 is 0 Å². The number of carbonyl (C=O) groups excluding carboxylic acids is 2. The molecule has 0 radical (unpaired) electrons. The van der Waals surface area contributed by atoms with Gasteiger partial charge in [0.25, 0.3) is 0 Å². The number of aryl methyl sites for hydroxylation is 1. The summed E-state index contributed by atoms with van der Waals surface area (Å²) in [5.74, 6) is 0.569. The van der Waals surface area contributed by atoms with Gasteiger partial charge < -0.3 is 19.9 Å². The van der Waals surface area contributed by atoms with Crippen molar-refractivity contribution in [3.8, 4) is 5.75 Å². The number of para-hydroxylation sites is 3. The van der Waals surface area contributed by atoms with E-state index in [2.05, 4.69) is 15.6 Å². The SMILES string of the molecule is COc1ccc(NC(=O)CSc2nc3ccccc3n2CC(=O)Nc2ccccc2C)cc1. The Morgan fingerprint density at radius 2 is 1.67 bits per heavy atom. The number of hydrogen-bond donors (Lipinski definition) is 2. The van der Waals surface area contributed by atoms with Gasteiger partial charge in [-0.05, 0) is 55.0 Å². The second-order valence-corrected chi connectivity index (χ2v) is 8.34. The molecule has 0 unspecified atom stereocenters. The molecule has 0 bridgehead atoms. The molecular formula is C25H24N4O3S. The van der Waals surface area contributed by atoms with Crippen LogP contribution in [-0.2, 0) is 16.1 Å². The summed E-state index contributed by atoms with van der Waals surface area (Å²) in [6.45, 7) is 2.04. The summed E-state index contributed by atoms with van der Waals surface area (Å²) < 4.78 is 6.98. The third-order valence-electron chi connectivity index (χ3n) is 5.05. The number of imidazole rings is 1. The van der Waals surface area contributed by atoms with Crippen molar-refractivity contribution in [1.29, 1.82) is 0 Å². The smallest absolute Gasteiger partial charge is 0.244 e. The van der Waals surface area contributed by atoms with Crippen molar-refractivity contribution >= 4 is 46.0 Å². The minimum Gasteiger partial charge on any atom is -0.497 e. The Morgan fingerprint density at radius 3 is 2.42 bits per heavy atom. The monoisotopic (exact) mass is 460 g/mol. The zero-order valence-electron chi connectivity index (χ0n) is 18.4. The van der Waals surface area contributed by atoms with Gasteiger partial charge in [0.2, 0.25) is 11.8 Å². The topological polar surface area (TPSA) is 85.2 Å². The van der Waals surface area contributed by atoms with Gasteiger partial charge in [-0.25, -0.2) is 4.98 Å². The summed E-state index contributed by atoms with van der Waals surface area (Å²) in [4.78, 5) is 29.9. The van der Waals surface area contributed by atoms with Crippen molar-refractivity contribution in [1.82, 2.24) is 9.55 Å². The Hall–Kier alpha value is -3.78. The van der Waals surface area contributed by atoms with Gasteiger partial charge in [-0.2, -0.15) is 0 Å². The van der Waals surface area contributed by atoms with Crippen molar-refractivity contribution in [3.63, 3.8) is 0 Å². The molecule has 0 atom stereocenters. The first-order valence-electron chi connectivity index (χ1n) is 10.4. The van der Waals surface area contributed by atoms with E-state index in [9.17, 15) is 9.59 Å². The lowest BCUT2D eigenvalue weighted by molar-refractivity contribution is -0.117.